The molecule has 0 unspecified atom stereocenters. The first-order chi connectivity index (χ1) is 7.39. The van der Waals surface area contributed by atoms with E-state index in [-0.39, 0.29) is 6.61 Å². The van der Waals surface area contributed by atoms with Gasteiger partial charge in [0, 0.05) is 12.1 Å². The summed E-state index contributed by atoms with van der Waals surface area (Å²) < 4.78 is 34.2. The molecule has 0 aliphatic carbocycles. The minimum atomic E-state index is -4.42. The SMILES string of the molecule is CCOS(=O)(=O)[O-].CC[n+]1ccc(C)cc1. The number of rotatable bonds is 3. The van der Waals surface area contributed by atoms with Crippen molar-refractivity contribution in [1.82, 2.24) is 0 Å². The van der Waals surface area contributed by atoms with Gasteiger partial charge in [0.1, 0.15) is 6.54 Å². The molecule has 6 heteroatoms. The van der Waals surface area contributed by atoms with Crippen LogP contribution in [0.1, 0.15) is 19.4 Å². The van der Waals surface area contributed by atoms with Crippen LogP contribution in [0.3, 0.4) is 0 Å². The van der Waals surface area contributed by atoms with Crippen LogP contribution in [-0.4, -0.2) is 19.6 Å². The number of nitrogens with zero attached hydrogens (tertiary/aromatic N) is 1. The van der Waals surface area contributed by atoms with Crippen LogP contribution in [0.25, 0.3) is 0 Å². The summed E-state index contributed by atoms with van der Waals surface area (Å²) in [6.45, 7) is 6.62. The third-order valence-corrected chi connectivity index (χ3v) is 2.21. The van der Waals surface area contributed by atoms with Gasteiger partial charge in [-0.3, -0.25) is 4.18 Å². The van der Waals surface area contributed by atoms with E-state index in [1.54, 1.807) is 0 Å². The van der Waals surface area contributed by atoms with Gasteiger partial charge in [-0.05, 0) is 26.3 Å². The van der Waals surface area contributed by atoms with E-state index in [0.717, 1.165) is 6.54 Å². The summed E-state index contributed by atoms with van der Waals surface area (Å²) in [5, 5.41) is 0. The van der Waals surface area contributed by atoms with Crippen molar-refractivity contribution in [3.05, 3.63) is 30.1 Å². The zero-order valence-corrected chi connectivity index (χ0v) is 10.5. The average molecular weight is 247 g/mol. The summed E-state index contributed by atoms with van der Waals surface area (Å²) in [5.74, 6) is 0. The van der Waals surface area contributed by atoms with E-state index in [4.69, 9.17) is 0 Å². The summed E-state index contributed by atoms with van der Waals surface area (Å²) in [7, 11) is -4.42. The van der Waals surface area contributed by atoms with Gasteiger partial charge in [0.05, 0.1) is 6.61 Å². The van der Waals surface area contributed by atoms with E-state index < -0.39 is 10.4 Å². The Morgan fingerprint density at radius 1 is 1.31 bits per heavy atom. The Kier molecular flexibility index (Phi) is 6.87. The third kappa shape index (κ3) is 8.34. The predicted molar refractivity (Wildman–Crippen MR) is 58.4 cm³/mol. The maximum atomic E-state index is 9.45. The Bertz CT molecular complexity index is 386. The minimum Gasteiger partial charge on any atom is -0.726 e. The van der Waals surface area contributed by atoms with Crippen LogP contribution in [0.5, 0.6) is 0 Å². The Morgan fingerprint density at radius 3 is 2.06 bits per heavy atom. The molecule has 0 amide bonds. The van der Waals surface area contributed by atoms with E-state index in [2.05, 4.69) is 47.1 Å². The van der Waals surface area contributed by atoms with E-state index >= 15 is 0 Å². The van der Waals surface area contributed by atoms with Crippen molar-refractivity contribution in [2.45, 2.75) is 27.3 Å². The van der Waals surface area contributed by atoms with Gasteiger partial charge in [0.15, 0.2) is 12.4 Å². The molecule has 0 aromatic carbocycles. The molecule has 0 saturated carbocycles. The number of pyridine rings is 1. The fraction of sp³-hybridized carbons (Fsp3) is 0.500. The van der Waals surface area contributed by atoms with Crippen LogP contribution in [0.4, 0.5) is 0 Å². The fourth-order valence-corrected chi connectivity index (χ4v) is 1.18. The molecular weight excluding hydrogens is 230 g/mol. The molecule has 1 aromatic heterocycles. The quantitative estimate of drug-likeness (QED) is 0.450. The third-order valence-electron chi connectivity index (χ3n) is 1.69. The van der Waals surface area contributed by atoms with Crippen molar-refractivity contribution in [3.8, 4) is 0 Å². The lowest BCUT2D eigenvalue weighted by molar-refractivity contribution is -0.693. The summed E-state index contributed by atoms with van der Waals surface area (Å²) in [6, 6.07) is 4.23. The number of aromatic nitrogens is 1. The molecule has 0 aliphatic rings. The van der Waals surface area contributed by atoms with Crippen molar-refractivity contribution in [2.75, 3.05) is 6.61 Å². The summed E-state index contributed by atoms with van der Waals surface area (Å²) in [5.41, 5.74) is 1.32. The van der Waals surface area contributed by atoms with Gasteiger partial charge >= 0.3 is 0 Å². The van der Waals surface area contributed by atoms with E-state index in [0.29, 0.717) is 0 Å². The highest BCUT2D eigenvalue weighted by atomic mass is 32.3. The zero-order valence-electron chi connectivity index (χ0n) is 9.71. The number of hydrogen-bond acceptors (Lipinski definition) is 4. The lowest BCUT2D eigenvalue weighted by atomic mass is 10.3. The smallest absolute Gasteiger partial charge is 0.217 e. The van der Waals surface area contributed by atoms with E-state index in [9.17, 15) is 13.0 Å². The molecule has 0 saturated heterocycles. The van der Waals surface area contributed by atoms with Crippen LogP contribution in [0.2, 0.25) is 0 Å². The van der Waals surface area contributed by atoms with Crippen molar-refractivity contribution < 1.29 is 21.7 Å². The average Bonchev–Trinajstić information content (AvgIpc) is 2.18. The van der Waals surface area contributed by atoms with Gasteiger partial charge < -0.3 is 4.55 Å². The predicted octanol–water partition coefficient (Wildman–Crippen LogP) is 0.786. The van der Waals surface area contributed by atoms with E-state index in [1.807, 2.05) is 0 Å². The standard InChI is InChI=1S/C8H12N.C2H6O4S/c1-3-9-6-4-8(2)5-7-9;1-2-6-7(3,4)5/h4-7H,3H2,1-2H3;2H2,1H3,(H,3,4,5)/q+1;/p-1. The molecule has 1 aromatic rings. The second kappa shape index (κ2) is 7.32. The fourth-order valence-electron chi connectivity index (χ4n) is 0.887. The normalized spacial score (nSPS) is 10.5. The first-order valence-electron chi connectivity index (χ1n) is 4.95. The largest absolute Gasteiger partial charge is 0.726 e. The molecule has 0 spiro atoms. The topological polar surface area (TPSA) is 70.3 Å². The molecular formula is C10H17NO4S. The van der Waals surface area contributed by atoms with Crippen molar-refractivity contribution >= 4 is 10.4 Å². The molecule has 0 fully saturated rings. The number of hydrogen-bond donors (Lipinski definition) is 0. The van der Waals surface area contributed by atoms with Crippen LogP contribution in [-0.2, 0) is 21.1 Å². The monoisotopic (exact) mass is 247 g/mol. The molecule has 5 nitrogen and oxygen atoms in total. The molecule has 0 aliphatic heterocycles. The zero-order chi connectivity index (χ0) is 12.6. The summed E-state index contributed by atoms with van der Waals surface area (Å²) in [6.07, 6.45) is 4.19. The minimum absolute atomic E-state index is 0.0914. The number of aryl methyl sites for hydroxylation is 2. The lowest BCUT2D eigenvalue weighted by Crippen LogP contribution is -2.30. The van der Waals surface area contributed by atoms with Gasteiger partial charge in [0.25, 0.3) is 0 Å². The van der Waals surface area contributed by atoms with Gasteiger partial charge in [0.2, 0.25) is 10.4 Å². The molecule has 1 heterocycles. The van der Waals surface area contributed by atoms with Crippen molar-refractivity contribution in [3.63, 3.8) is 0 Å². The van der Waals surface area contributed by atoms with Crippen LogP contribution in [0, 0.1) is 6.92 Å². The molecule has 1 rings (SSSR count). The Hall–Kier alpha value is -0.980. The molecule has 0 bridgehead atoms. The van der Waals surface area contributed by atoms with Crippen molar-refractivity contribution in [2.24, 2.45) is 0 Å². The maximum absolute atomic E-state index is 9.45. The lowest BCUT2D eigenvalue weighted by Gasteiger charge is -2.02. The summed E-state index contributed by atoms with van der Waals surface area (Å²) >= 11 is 0. The Morgan fingerprint density at radius 2 is 1.81 bits per heavy atom. The second-order valence-corrected chi connectivity index (χ2v) is 4.07. The Balaban J connectivity index is 0.000000293. The first-order valence-corrected chi connectivity index (χ1v) is 6.28. The van der Waals surface area contributed by atoms with Gasteiger partial charge in [-0.25, -0.2) is 13.0 Å². The van der Waals surface area contributed by atoms with Crippen LogP contribution in [0.15, 0.2) is 24.5 Å². The van der Waals surface area contributed by atoms with Gasteiger partial charge in [-0.2, -0.15) is 0 Å². The molecule has 0 radical (unpaired) electrons. The first kappa shape index (κ1) is 15.0. The van der Waals surface area contributed by atoms with Gasteiger partial charge in [-0.15, -0.1) is 0 Å². The van der Waals surface area contributed by atoms with Gasteiger partial charge in [-0.1, -0.05) is 0 Å². The second-order valence-electron chi connectivity index (χ2n) is 3.02. The summed E-state index contributed by atoms with van der Waals surface area (Å²) in [4.78, 5) is 0. The van der Waals surface area contributed by atoms with Crippen LogP contribution >= 0.6 is 0 Å². The molecule has 0 atom stereocenters. The Labute approximate surface area is 96.6 Å². The molecule has 16 heavy (non-hydrogen) atoms. The highest BCUT2D eigenvalue weighted by Gasteiger charge is 1.91. The highest BCUT2D eigenvalue weighted by Crippen LogP contribution is 1.88. The van der Waals surface area contributed by atoms with E-state index in [1.165, 1.54) is 12.5 Å². The highest BCUT2D eigenvalue weighted by molar-refractivity contribution is 7.80. The molecule has 0 N–H and O–H groups in total. The van der Waals surface area contributed by atoms with Crippen molar-refractivity contribution in [1.29, 1.82) is 0 Å². The van der Waals surface area contributed by atoms with Crippen LogP contribution < -0.4 is 4.57 Å². The maximum Gasteiger partial charge on any atom is 0.217 e. The molecule has 92 valence electrons.